The van der Waals surface area contributed by atoms with Gasteiger partial charge in [-0.25, -0.2) is 0 Å². The summed E-state index contributed by atoms with van der Waals surface area (Å²) in [6.45, 7) is 4.21. The minimum atomic E-state index is -0.358. The molecular formula is C12H19BrO2. The van der Waals surface area contributed by atoms with Crippen LogP contribution in [0.2, 0.25) is 0 Å². The summed E-state index contributed by atoms with van der Waals surface area (Å²) in [7, 11) is 0. The van der Waals surface area contributed by atoms with Crippen molar-refractivity contribution < 1.29 is 9.90 Å². The summed E-state index contributed by atoms with van der Waals surface area (Å²) < 4.78 is 0. The van der Waals surface area contributed by atoms with Gasteiger partial charge in [-0.15, -0.1) is 0 Å². The Morgan fingerprint density at radius 3 is 2.80 bits per heavy atom. The molecule has 2 saturated carbocycles. The van der Waals surface area contributed by atoms with Crippen LogP contribution in [0.4, 0.5) is 0 Å². The number of aliphatic hydroxyl groups is 1. The van der Waals surface area contributed by atoms with Crippen LogP contribution in [-0.4, -0.2) is 21.8 Å². The summed E-state index contributed by atoms with van der Waals surface area (Å²) >= 11 is 3.52. The van der Waals surface area contributed by atoms with Gasteiger partial charge in [-0.05, 0) is 31.1 Å². The fourth-order valence-corrected chi connectivity index (χ4v) is 3.87. The molecule has 2 aliphatic rings. The van der Waals surface area contributed by atoms with Crippen LogP contribution in [0.3, 0.4) is 0 Å². The molecular weight excluding hydrogens is 256 g/mol. The third-order valence-electron chi connectivity index (χ3n) is 4.32. The monoisotopic (exact) mass is 274 g/mol. The van der Waals surface area contributed by atoms with Gasteiger partial charge in [0.2, 0.25) is 0 Å². The van der Waals surface area contributed by atoms with Crippen LogP contribution in [0.25, 0.3) is 0 Å². The van der Waals surface area contributed by atoms with E-state index in [0.717, 1.165) is 12.8 Å². The highest BCUT2D eigenvalue weighted by Gasteiger charge is 2.50. The van der Waals surface area contributed by atoms with Gasteiger partial charge in [0.25, 0.3) is 0 Å². The molecule has 2 aliphatic carbocycles. The van der Waals surface area contributed by atoms with Crippen LogP contribution in [0.1, 0.15) is 39.5 Å². The van der Waals surface area contributed by atoms with E-state index in [4.69, 9.17) is 0 Å². The number of rotatable bonds is 0. The predicted octanol–water partition coefficient (Wildman–Crippen LogP) is 2.53. The van der Waals surface area contributed by atoms with Gasteiger partial charge in [0.15, 0.2) is 0 Å². The number of fused-ring (bicyclic) bond motifs is 1. The number of carbonyl (C=O) groups excluding carboxylic acids is 1. The SMILES string of the molecule is C[C@@H]1CC(=O)[C@@]2(C)C[C@@H](O)[C@H](Br)C[C@H]2C1. The molecule has 2 fully saturated rings. The molecule has 1 N–H and O–H groups in total. The molecule has 5 atom stereocenters. The van der Waals surface area contributed by atoms with E-state index in [1.807, 2.05) is 6.92 Å². The summed E-state index contributed by atoms with van der Waals surface area (Å²) in [5.41, 5.74) is -0.254. The minimum Gasteiger partial charge on any atom is -0.392 e. The van der Waals surface area contributed by atoms with Gasteiger partial charge in [0.1, 0.15) is 5.78 Å². The smallest absolute Gasteiger partial charge is 0.139 e. The van der Waals surface area contributed by atoms with Crippen LogP contribution in [0.15, 0.2) is 0 Å². The van der Waals surface area contributed by atoms with Gasteiger partial charge in [-0.3, -0.25) is 4.79 Å². The third-order valence-corrected chi connectivity index (χ3v) is 5.30. The number of hydrogen-bond acceptors (Lipinski definition) is 2. The fraction of sp³-hybridized carbons (Fsp3) is 0.917. The van der Waals surface area contributed by atoms with E-state index >= 15 is 0 Å². The highest BCUT2D eigenvalue weighted by atomic mass is 79.9. The zero-order chi connectivity index (χ0) is 11.2. The number of alkyl halides is 1. The molecule has 0 unspecified atom stereocenters. The lowest BCUT2D eigenvalue weighted by Gasteiger charge is -2.48. The first-order valence-electron chi connectivity index (χ1n) is 5.79. The first kappa shape index (κ1) is 11.6. The second kappa shape index (κ2) is 3.85. The fourth-order valence-electron chi connectivity index (χ4n) is 3.23. The van der Waals surface area contributed by atoms with Crippen molar-refractivity contribution in [2.24, 2.45) is 17.3 Å². The molecule has 2 rings (SSSR count). The minimum absolute atomic E-state index is 0.175. The van der Waals surface area contributed by atoms with Crippen LogP contribution >= 0.6 is 15.9 Å². The zero-order valence-electron chi connectivity index (χ0n) is 9.37. The molecule has 0 aromatic heterocycles. The van der Waals surface area contributed by atoms with E-state index in [-0.39, 0.29) is 16.3 Å². The number of hydrogen-bond donors (Lipinski definition) is 1. The van der Waals surface area contributed by atoms with Crippen molar-refractivity contribution in [3.8, 4) is 0 Å². The van der Waals surface area contributed by atoms with E-state index in [1.165, 1.54) is 0 Å². The van der Waals surface area contributed by atoms with Gasteiger partial charge in [-0.1, -0.05) is 29.8 Å². The topological polar surface area (TPSA) is 37.3 Å². The van der Waals surface area contributed by atoms with Crippen molar-refractivity contribution in [2.45, 2.75) is 50.5 Å². The Labute approximate surface area is 99.6 Å². The zero-order valence-corrected chi connectivity index (χ0v) is 11.0. The molecule has 0 aromatic carbocycles. The molecule has 0 spiro atoms. The lowest BCUT2D eigenvalue weighted by molar-refractivity contribution is -0.141. The number of aliphatic hydroxyl groups excluding tert-OH is 1. The molecule has 0 heterocycles. The van der Waals surface area contributed by atoms with Gasteiger partial charge in [0, 0.05) is 16.7 Å². The Morgan fingerprint density at radius 1 is 1.47 bits per heavy atom. The second-order valence-corrected chi connectivity index (χ2v) is 6.78. The standard InChI is InChI=1S/C12H19BrO2/c1-7-3-8-5-9(13)10(14)6-12(8,2)11(15)4-7/h7-10,14H,3-6H2,1-2H3/t7-,8+,9+,10+,12-/m0/s1. The predicted molar refractivity (Wildman–Crippen MR) is 63.0 cm³/mol. The highest BCUT2D eigenvalue weighted by Crippen LogP contribution is 2.50. The Kier molecular flexibility index (Phi) is 2.97. The van der Waals surface area contributed by atoms with Crippen molar-refractivity contribution in [1.82, 2.24) is 0 Å². The van der Waals surface area contributed by atoms with Crippen molar-refractivity contribution >= 4 is 21.7 Å². The summed E-state index contributed by atoms with van der Waals surface area (Å²) in [6.07, 6.45) is 3.06. The normalized spacial score (nSPS) is 51.3. The molecule has 3 heteroatoms. The quantitative estimate of drug-likeness (QED) is 0.690. The maximum Gasteiger partial charge on any atom is 0.139 e. The van der Waals surface area contributed by atoms with Crippen molar-refractivity contribution in [3.63, 3.8) is 0 Å². The lowest BCUT2D eigenvalue weighted by Crippen LogP contribution is -2.50. The Hall–Kier alpha value is 0.110. The average Bonchev–Trinajstić information content (AvgIpc) is 2.12. The lowest BCUT2D eigenvalue weighted by atomic mass is 9.57. The van der Waals surface area contributed by atoms with E-state index in [2.05, 4.69) is 22.9 Å². The molecule has 0 aliphatic heterocycles. The molecule has 0 saturated heterocycles. The summed E-state index contributed by atoms with van der Waals surface area (Å²) in [6, 6.07) is 0. The summed E-state index contributed by atoms with van der Waals surface area (Å²) in [4.78, 5) is 12.3. The summed E-state index contributed by atoms with van der Waals surface area (Å²) in [5, 5.41) is 9.87. The Bertz CT molecular complexity index is 279. The molecule has 0 amide bonds. The number of ketones is 1. The van der Waals surface area contributed by atoms with Gasteiger partial charge in [-0.2, -0.15) is 0 Å². The van der Waals surface area contributed by atoms with Gasteiger partial charge in [0.05, 0.1) is 6.10 Å². The maximum atomic E-state index is 12.1. The van der Waals surface area contributed by atoms with Gasteiger partial charge < -0.3 is 5.11 Å². The highest BCUT2D eigenvalue weighted by molar-refractivity contribution is 9.09. The van der Waals surface area contributed by atoms with Crippen LogP contribution in [-0.2, 0) is 4.79 Å². The molecule has 2 nitrogen and oxygen atoms in total. The van der Waals surface area contributed by atoms with Gasteiger partial charge >= 0.3 is 0 Å². The molecule has 15 heavy (non-hydrogen) atoms. The van der Waals surface area contributed by atoms with E-state index in [1.54, 1.807) is 0 Å². The molecule has 86 valence electrons. The van der Waals surface area contributed by atoms with Crippen molar-refractivity contribution in [1.29, 1.82) is 0 Å². The number of Topliss-reactive ketones (excluding diaryl/α,β-unsaturated/α-hetero) is 1. The maximum absolute atomic E-state index is 12.1. The summed E-state index contributed by atoms with van der Waals surface area (Å²) in [5.74, 6) is 1.34. The largest absolute Gasteiger partial charge is 0.392 e. The average molecular weight is 275 g/mol. The molecule has 0 radical (unpaired) electrons. The van der Waals surface area contributed by atoms with E-state index < -0.39 is 0 Å². The van der Waals surface area contributed by atoms with Crippen LogP contribution in [0, 0.1) is 17.3 Å². The molecule has 0 aromatic rings. The van der Waals surface area contributed by atoms with Crippen molar-refractivity contribution in [3.05, 3.63) is 0 Å². The number of halogens is 1. The first-order valence-corrected chi connectivity index (χ1v) is 6.70. The van der Waals surface area contributed by atoms with E-state index in [9.17, 15) is 9.90 Å². The van der Waals surface area contributed by atoms with E-state index in [0.29, 0.717) is 30.5 Å². The Balaban J connectivity index is 2.22. The van der Waals surface area contributed by atoms with Crippen LogP contribution in [0.5, 0.6) is 0 Å². The first-order chi connectivity index (χ1) is 6.93. The molecule has 0 bridgehead atoms. The van der Waals surface area contributed by atoms with Crippen molar-refractivity contribution in [2.75, 3.05) is 0 Å². The third kappa shape index (κ3) is 1.89. The Morgan fingerprint density at radius 2 is 2.13 bits per heavy atom. The van der Waals surface area contributed by atoms with Crippen LogP contribution < -0.4 is 0 Å². The number of carbonyl (C=O) groups is 1. The second-order valence-electron chi connectivity index (χ2n) is 5.61.